The molecule has 3 N–H and O–H groups in total. The average Bonchev–Trinajstić information content (AvgIpc) is 2.68. The Hall–Kier alpha value is -1.85. The molecule has 0 spiro atoms. The Morgan fingerprint density at radius 1 is 1.44 bits per heavy atom. The van der Waals surface area contributed by atoms with Gasteiger partial charge in [-0.3, -0.25) is 4.57 Å². The number of nitrogens with two attached hydrogens (primary N) is 1. The molecule has 2 aromatic heterocycles. The van der Waals surface area contributed by atoms with Crippen LogP contribution in [0, 0.1) is 0 Å². The lowest BCUT2D eigenvalue weighted by Gasteiger charge is -2.29. The fourth-order valence-electron chi connectivity index (χ4n) is 2.42. The number of hydrogen-bond acceptors (Lipinski definition) is 4. The normalized spacial score (nSPS) is 14.8. The molecule has 0 saturated heterocycles. The van der Waals surface area contributed by atoms with E-state index in [1.54, 1.807) is 4.57 Å². The van der Waals surface area contributed by atoms with Crippen molar-refractivity contribution in [2.45, 2.75) is 45.6 Å². The van der Waals surface area contributed by atoms with E-state index in [1.165, 1.54) is 6.33 Å². The molecule has 0 aliphatic heterocycles. The zero-order valence-electron chi connectivity index (χ0n) is 11.0. The van der Waals surface area contributed by atoms with Gasteiger partial charge in [-0.2, -0.15) is 0 Å². The minimum absolute atomic E-state index is 0.171. The number of hydrogen-bond donors (Lipinski definition) is 2. The largest absolute Gasteiger partial charge is 0.382 e. The van der Waals surface area contributed by atoms with Crippen LogP contribution in [0.15, 0.2) is 11.1 Å². The zero-order chi connectivity index (χ0) is 13.3. The molecule has 2 heterocycles. The summed E-state index contributed by atoms with van der Waals surface area (Å²) in [5, 5.41) is 0. The lowest BCUT2D eigenvalue weighted by Crippen LogP contribution is -2.37. The smallest absolute Gasteiger partial charge is 0.328 e. The van der Waals surface area contributed by atoms with Gasteiger partial charge in [-0.1, -0.05) is 20.3 Å². The summed E-state index contributed by atoms with van der Waals surface area (Å²) in [4.78, 5) is 23.0. The quantitative estimate of drug-likeness (QED) is 0.861. The molecule has 1 unspecified atom stereocenters. The number of nitrogen functional groups attached to an aromatic ring is 1. The zero-order valence-corrected chi connectivity index (χ0v) is 11.0. The minimum atomic E-state index is -0.245. The summed E-state index contributed by atoms with van der Waals surface area (Å²) in [5.41, 5.74) is 6.46. The molecule has 0 bridgehead atoms. The van der Waals surface area contributed by atoms with Crippen molar-refractivity contribution in [2.24, 2.45) is 0 Å². The van der Waals surface area contributed by atoms with E-state index in [2.05, 4.69) is 35.7 Å². The monoisotopic (exact) mass is 249 g/mol. The third-order valence-corrected chi connectivity index (χ3v) is 3.59. The van der Waals surface area contributed by atoms with Crippen molar-refractivity contribution in [1.29, 1.82) is 0 Å². The van der Waals surface area contributed by atoms with Crippen LogP contribution >= 0.6 is 0 Å². The van der Waals surface area contributed by atoms with Crippen LogP contribution in [0.3, 0.4) is 0 Å². The molecule has 6 heteroatoms. The van der Waals surface area contributed by atoms with Crippen molar-refractivity contribution >= 4 is 17.0 Å². The maximum atomic E-state index is 12.2. The van der Waals surface area contributed by atoms with Gasteiger partial charge in [0.25, 0.3) is 0 Å². The van der Waals surface area contributed by atoms with E-state index >= 15 is 0 Å². The Kier molecular flexibility index (Phi) is 3.11. The SMILES string of the molecule is CCCC(C)(CC)n1c(=O)[nH]c2c(N)ncnc21. The molecular weight excluding hydrogens is 230 g/mol. The second-order valence-electron chi connectivity index (χ2n) is 4.82. The molecule has 0 aromatic carbocycles. The second-order valence-corrected chi connectivity index (χ2v) is 4.82. The van der Waals surface area contributed by atoms with Crippen LogP contribution in [-0.4, -0.2) is 19.5 Å². The molecule has 0 amide bonds. The van der Waals surface area contributed by atoms with Crippen molar-refractivity contribution in [2.75, 3.05) is 5.73 Å². The summed E-state index contributed by atoms with van der Waals surface area (Å²) >= 11 is 0. The summed E-state index contributed by atoms with van der Waals surface area (Å²) in [5.74, 6) is 0.311. The van der Waals surface area contributed by atoms with Crippen molar-refractivity contribution < 1.29 is 0 Å². The molecule has 0 saturated carbocycles. The van der Waals surface area contributed by atoms with Crippen LogP contribution in [0.4, 0.5) is 5.82 Å². The van der Waals surface area contributed by atoms with Gasteiger partial charge in [0.2, 0.25) is 0 Å². The first-order chi connectivity index (χ1) is 8.53. The summed E-state index contributed by atoms with van der Waals surface area (Å²) in [6, 6.07) is 0. The van der Waals surface area contributed by atoms with E-state index in [9.17, 15) is 4.79 Å². The van der Waals surface area contributed by atoms with Gasteiger partial charge in [0.15, 0.2) is 11.5 Å². The predicted molar refractivity (Wildman–Crippen MR) is 71.4 cm³/mol. The van der Waals surface area contributed by atoms with Crippen LogP contribution in [0.5, 0.6) is 0 Å². The number of imidazole rings is 1. The maximum Gasteiger partial charge on any atom is 0.328 e. The molecule has 0 aliphatic carbocycles. The number of rotatable bonds is 4. The number of nitrogens with zero attached hydrogens (tertiary/aromatic N) is 3. The highest BCUT2D eigenvalue weighted by molar-refractivity contribution is 5.81. The van der Waals surface area contributed by atoms with Gasteiger partial charge < -0.3 is 10.7 Å². The Morgan fingerprint density at radius 3 is 2.78 bits per heavy atom. The van der Waals surface area contributed by atoms with Crippen LogP contribution in [0.25, 0.3) is 11.2 Å². The third kappa shape index (κ3) is 1.77. The summed E-state index contributed by atoms with van der Waals surface area (Å²) in [6.07, 6.45) is 4.17. The van der Waals surface area contributed by atoms with Gasteiger partial charge >= 0.3 is 5.69 Å². The van der Waals surface area contributed by atoms with Crippen molar-refractivity contribution in [3.63, 3.8) is 0 Å². The number of aromatic nitrogens is 4. The Bertz CT molecular complexity index is 614. The Labute approximate surface area is 105 Å². The molecule has 0 aliphatic rings. The topological polar surface area (TPSA) is 89.6 Å². The minimum Gasteiger partial charge on any atom is -0.382 e. The van der Waals surface area contributed by atoms with Crippen LogP contribution in [-0.2, 0) is 5.54 Å². The number of H-pyrrole nitrogens is 1. The van der Waals surface area contributed by atoms with E-state index in [0.717, 1.165) is 19.3 Å². The fourth-order valence-corrected chi connectivity index (χ4v) is 2.42. The molecule has 0 radical (unpaired) electrons. The average molecular weight is 249 g/mol. The first-order valence-electron chi connectivity index (χ1n) is 6.25. The fraction of sp³-hybridized carbons (Fsp3) is 0.583. The molecule has 2 rings (SSSR count). The molecule has 0 fully saturated rings. The van der Waals surface area contributed by atoms with Gasteiger partial charge in [-0.15, -0.1) is 0 Å². The Morgan fingerprint density at radius 2 is 2.17 bits per heavy atom. The maximum absolute atomic E-state index is 12.2. The van der Waals surface area contributed by atoms with E-state index in [0.29, 0.717) is 17.0 Å². The van der Waals surface area contributed by atoms with Gasteiger partial charge in [0, 0.05) is 5.54 Å². The number of anilines is 1. The molecule has 18 heavy (non-hydrogen) atoms. The van der Waals surface area contributed by atoms with E-state index in [4.69, 9.17) is 5.73 Å². The lowest BCUT2D eigenvalue weighted by atomic mass is 9.93. The summed E-state index contributed by atoms with van der Waals surface area (Å²) in [7, 11) is 0. The number of nitrogens with one attached hydrogen (secondary N) is 1. The highest BCUT2D eigenvalue weighted by atomic mass is 16.1. The predicted octanol–water partition coefficient (Wildman–Crippen LogP) is 1.63. The molecule has 2 aromatic rings. The number of aromatic amines is 1. The van der Waals surface area contributed by atoms with Gasteiger partial charge in [0.05, 0.1) is 0 Å². The van der Waals surface area contributed by atoms with Gasteiger partial charge in [0.1, 0.15) is 11.8 Å². The van der Waals surface area contributed by atoms with Crippen molar-refractivity contribution in [3.8, 4) is 0 Å². The molecular formula is C12H19N5O. The lowest BCUT2D eigenvalue weighted by molar-refractivity contribution is 0.278. The first kappa shape index (κ1) is 12.6. The first-order valence-corrected chi connectivity index (χ1v) is 6.25. The van der Waals surface area contributed by atoms with E-state index < -0.39 is 0 Å². The van der Waals surface area contributed by atoms with E-state index in [1.807, 2.05) is 0 Å². The summed E-state index contributed by atoms with van der Waals surface area (Å²) in [6.45, 7) is 6.26. The van der Waals surface area contributed by atoms with Gasteiger partial charge in [-0.05, 0) is 19.8 Å². The van der Waals surface area contributed by atoms with E-state index in [-0.39, 0.29) is 11.2 Å². The van der Waals surface area contributed by atoms with Crippen molar-refractivity contribution in [1.82, 2.24) is 19.5 Å². The standard InChI is InChI=1S/C12H19N5O/c1-4-6-12(3,5-2)17-10-8(16-11(17)18)9(13)14-7-15-10/h7H,4-6H2,1-3H3,(H,16,18)(H2,13,14,15). The van der Waals surface area contributed by atoms with Crippen molar-refractivity contribution in [3.05, 3.63) is 16.8 Å². The highest BCUT2D eigenvalue weighted by Crippen LogP contribution is 2.28. The van der Waals surface area contributed by atoms with Crippen LogP contribution < -0.4 is 11.4 Å². The second kappa shape index (κ2) is 4.44. The molecule has 6 nitrogen and oxygen atoms in total. The van der Waals surface area contributed by atoms with Crippen LogP contribution in [0.2, 0.25) is 0 Å². The number of fused-ring (bicyclic) bond motifs is 1. The third-order valence-electron chi connectivity index (χ3n) is 3.59. The van der Waals surface area contributed by atoms with Gasteiger partial charge in [-0.25, -0.2) is 14.8 Å². The Balaban J connectivity index is 2.74. The summed E-state index contributed by atoms with van der Waals surface area (Å²) < 4.78 is 1.71. The molecule has 1 atom stereocenters. The molecule has 98 valence electrons. The highest BCUT2D eigenvalue weighted by Gasteiger charge is 2.28. The van der Waals surface area contributed by atoms with Crippen LogP contribution in [0.1, 0.15) is 40.0 Å².